The van der Waals surface area contributed by atoms with Gasteiger partial charge in [-0.05, 0) is 42.9 Å². The summed E-state index contributed by atoms with van der Waals surface area (Å²) in [7, 11) is 0. The summed E-state index contributed by atoms with van der Waals surface area (Å²) in [5.41, 5.74) is 4.38. The quantitative estimate of drug-likeness (QED) is 0.168. The van der Waals surface area contributed by atoms with Crippen LogP contribution < -0.4 is 11.1 Å². The summed E-state index contributed by atoms with van der Waals surface area (Å²) in [5, 5.41) is 14.7. The van der Waals surface area contributed by atoms with Gasteiger partial charge in [-0.25, -0.2) is 9.97 Å². The van der Waals surface area contributed by atoms with E-state index in [2.05, 4.69) is 42.6 Å². The first kappa shape index (κ1) is 32.8. The molecule has 8 atom stereocenters. The minimum absolute atomic E-state index is 0.0842. The van der Waals surface area contributed by atoms with Gasteiger partial charge in [0, 0.05) is 42.3 Å². The van der Waals surface area contributed by atoms with E-state index in [1.807, 2.05) is 11.8 Å². The second-order valence-electron chi connectivity index (χ2n) is 13.8. The van der Waals surface area contributed by atoms with E-state index >= 15 is 0 Å². The van der Waals surface area contributed by atoms with Gasteiger partial charge in [0.25, 0.3) is 0 Å². The predicted molar refractivity (Wildman–Crippen MR) is 168 cm³/mol. The molecule has 2 heterocycles. The van der Waals surface area contributed by atoms with E-state index in [1.54, 1.807) is 6.08 Å². The van der Waals surface area contributed by atoms with Crippen LogP contribution in [0, 0.1) is 34.0 Å². The van der Waals surface area contributed by atoms with E-state index in [1.165, 1.54) is 6.07 Å². The van der Waals surface area contributed by atoms with Crippen LogP contribution in [0.4, 0.5) is 11.6 Å². The number of thioether (sulfide) groups is 1. The Hall–Kier alpha value is -2.54. The number of aliphatic hydroxyl groups excluding tert-OH is 1. The summed E-state index contributed by atoms with van der Waals surface area (Å²) in [5.74, 6) is -0.364. The lowest BCUT2D eigenvalue weighted by atomic mass is 9.44. The Kier molecular flexibility index (Phi) is 9.47. The van der Waals surface area contributed by atoms with Crippen LogP contribution in [-0.4, -0.2) is 88.4 Å². The molecule has 3 aliphatic carbocycles. The number of nitrogens with zero attached hydrogens (tertiary/aromatic N) is 3. The van der Waals surface area contributed by atoms with Gasteiger partial charge in [0.2, 0.25) is 5.91 Å². The van der Waals surface area contributed by atoms with Crippen molar-refractivity contribution in [2.45, 2.75) is 77.2 Å². The van der Waals surface area contributed by atoms with Crippen LogP contribution >= 0.6 is 11.8 Å². The number of hydrogen-bond donors (Lipinski definition) is 3. The molecule has 3 saturated carbocycles. The Labute approximate surface area is 264 Å². The number of nitrogens with two attached hydrogens (primary N) is 1. The first-order valence-electron chi connectivity index (χ1n) is 15.7. The fourth-order valence-electron chi connectivity index (χ4n) is 8.53. The number of carbonyl (C=O) groups excluding carboxylic acids is 3. The van der Waals surface area contributed by atoms with Gasteiger partial charge in [0.05, 0.1) is 31.6 Å². The van der Waals surface area contributed by atoms with E-state index in [4.69, 9.17) is 15.2 Å². The smallest absolute Gasteiger partial charge is 0.316 e. The van der Waals surface area contributed by atoms with Crippen LogP contribution in [0.2, 0.25) is 0 Å². The zero-order chi connectivity index (χ0) is 31.9. The number of anilines is 2. The third kappa shape index (κ3) is 6.02. The average Bonchev–Trinajstić information content (AvgIpc) is 3.34. The van der Waals surface area contributed by atoms with Crippen LogP contribution in [0.25, 0.3) is 0 Å². The standard InChI is InChI=1S/C32H47N5O6S/c1-6-30(4)16-22(31(5)19(2)7-9-32(20(3)28(30)41)10-8-21(38)27(31)32)43-26(40)18-44-29-34-23(33)15-24(36-29)35-25(39)17-37-11-13-42-14-12-37/h6,15,19-20,22,27-28,41H,1,7-14,16-18H2,2-5H3,(H3,33,34,35,36,39)/t19-,20+,22-,27+,28+,30-,31+,32+/m1/s1. The third-order valence-electron chi connectivity index (χ3n) is 11.4. The number of esters is 1. The number of Topliss-reactive ketones (excluding diaryl/α,β-unsaturated/α-hetero) is 1. The van der Waals surface area contributed by atoms with Crippen molar-refractivity contribution >= 4 is 41.1 Å². The molecule has 0 radical (unpaired) electrons. The molecule has 44 heavy (non-hydrogen) atoms. The van der Waals surface area contributed by atoms with Crippen molar-refractivity contribution in [2.75, 3.05) is 49.7 Å². The van der Waals surface area contributed by atoms with E-state index in [0.717, 1.165) is 31.0 Å². The number of ether oxygens (including phenoxy) is 2. The Morgan fingerprint density at radius 1 is 1.27 bits per heavy atom. The Bertz CT molecular complexity index is 1290. The van der Waals surface area contributed by atoms with Crippen molar-refractivity contribution in [3.05, 3.63) is 18.7 Å². The number of nitrogen functional groups attached to an aromatic ring is 1. The first-order valence-corrected chi connectivity index (χ1v) is 16.7. The van der Waals surface area contributed by atoms with Gasteiger partial charge >= 0.3 is 5.97 Å². The second kappa shape index (κ2) is 12.7. The highest BCUT2D eigenvalue weighted by molar-refractivity contribution is 7.99. The molecule has 4 aliphatic rings. The highest BCUT2D eigenvalue weighted by Crippen LogP contribution is 2.68. The van der Waals surface area contributed by atoms with Gasteiger partial charge in [-0.15, -0.1) is 6.58 Å². The van der Waals surface area contributed by atoms with Crippen molar-refractivity contribution in [3.63, 3.8) is 0 Å². The highest BCUT2D eigenvalue weighted by atomic mass is 32.2. The molecule has 1 amide bonds. The zero-order valence-electron chi connectivity index (χ0n) is 26.3. The van der Waals surface area contributed by atoms with E-state index in [0.29, 0.717) is 39.1 Å². The lowest BCUT2D eigenvalue weighted by Gasteiger charge is -2.61. The van der Waals surface area contributed by atoms with Gasteiger partial charge in [-0.1, -0.05) is 45.5 Å². The molecule has 242 valence electrons. The number of morpholine rings is 1. The molecule has 1 aromatic heterocycles. The minimum Gasteiger partial charge on any atom is -0.461 e. The molecule has 2 bridgehead atoms. The lowest BCUT2D eigenvalue weighted by molar-refractivity contribution is -0.205. The molecule has 4 N–H and O–H groups in total. The topological polar surface area (TPSA) is 157 Å². The van der Waals surface area contributed by atoms with Crippen LogP contribution in [-0.2, 0) is 23.9 Å². The average molecular weight is 630 g/mol. The monoisotopic (exact) mass is 629 g/mol. The summed E-state index contributed by atoms with van der Waals surface area (Å²) < 4.78 is 11.6. The van der Waals surface area contributed by atoms with Crippen molar-refractivity contribution in [1.29, 1.82) is 0 Å². The number of amides is 1. The molecule has 1 aliphatic heterocycles. The molecule has 1 saturated heterocycles. The maximum atomic E-state index is 13.6. The third-order valence-corrected chi connectivity index (χ3v) is 12.2. The number of hydrogen-bond acceptors (Lipinski definition) is 11. The largest absolute Gasteiger partial charge is 0.461 e. The maximum Gasteiger partial charge on any atom is 0.316 e. The van der Waals surface area contributed by atoms with E-state index in [9.17, 15) is 19.5 Å². The fraction of sp³-hybridized carbons (Fsp3) is 0.719. The fourth-order valence-corrected chi connectivity index (χ4v) is 9.18. The summed E-state index contributed by atoms with van der Waals surface area (Å²) >= 11 is 1.07. The van der Waals surface area contributed by atoms with Gasteiger partial charge in [0.15, 0.2) is 5.16 Å². The van der Waals surface area contributed by atoms with Crippen molar-refractivity contribution in [1.82, 2.24) is 14.9 Å². The van der Waals surface area contributed by atoms with Gasteiger partial charge < -0.3 is 25.6 Å². The Balaban J connectivity index is 1.32. The molecule has 0 spiro atoms. The molecule has 0 aromatic carbocycles. The number of aliphatic hydroxyl groups is 1. The number of nitrogens with one attached hydrogen (secondary N) is 1. The zero-order valence-corrected chi connectivity index (χ0v) is 27.2. The summed E-state index contributed by atoms with van der Waals surface area (Å²) in [4.78, 5) is 50.3. The number of rotatable bonds is 8. The summed E-state index contributed by atoms with van der Waals surface area (Å²) in [6.07, 6.45) is 3.85. The van der Waals surface area contributed by atoms with Crippen molar-refractivity contribution in [2.24, 2.45) is 34.0 Å². The van der Waals surface area contributed by atoms with E-state index < -0.39 is 29.0 Å². The highest BCUT2D eigenvalue weighted by Gasteiger charge is 2.68. The molecule has 11 nitrogen and oxygen atoms in total. The molecule has 5 rings (SSSR count). The van der Waals surface area contributed by atoms with Gasteiger partial charge in [-0.3, -0.25) is 19.3 Å². The Morgan fingerprint density at radius 3 is 2.70 bits per heavy atom. The van der Waals surface area contributed by atoms with Crippen LogP contribution in [0.1, 0.15) is 59.8 Å². The first-order chi connectivity index (χ1) is 20.8. The maximum absolute atomic E-state index is 13.6. The number of carbonyl (C=O) groups is 3. The number of aromatic nitrogens is 2. The summed E-state index contributed by atoms with van der Waals surface area (Å²) in [6, 6.07) is 1.48. The second-order valence-corrected chi connectivity index (χ2v) is 14.7. The molecule has 0 unspecified atom stereocenters. The molecular weight excluding hydrogens is 582 g/mol. The van der Waals surface area contributed by atoms with E-state index in [-0.39, 0.29) is 63.9 Å². The van der Waals surface area contributed by atoms with Crippen LogP contribution in [0.15, 0.2) is 23.9 Å². The molecule has 12 heteroatoms. The van der Waals surface area contributed by atoms with Crippen LogP contribution in [0.5, 0.6) is 0 Å². The SMILES string of the molecule is C=C[C@]1(C)C[C@@H](OC(=O)CSc2nc(N)cc(NC(=O)CN3CCOCC3)n2)[C@]2(C)[C@H](C)CC[C@]3(CCC(=O)[C@H]32)[C@@H](C)[C@@H]1O. The minimum atomic E-state index is -0.723. The predicted octanol–water partition coefficient (Wildman–Crippen LogP) is 3.33. The number of ketones is 1. The molecule has 4 fully saturated rings. The van der Waals surface area contributed by atoms with Crippen LogP contribution in [0.3, 0.4) is 0 Å². The summed E-state index contributed by atoms with van der Waals surface area (Å²) in [6.45, 7) is 15.2. The molecule has 1 aromatic rings. The molecular formula is C32H47N5O6S. The lowest BCUT2D eigenvalue weighted by Crippen LogP contribution is -2.63. The Morgan fingerprint density at radius 2 is 2.00 bits per heavy atom. The van der Waals surface area contributed by atoms with Gasteiger partial charge in [0.1, 0.15) is 23.5 Å². The van der Waals surface area contributed by atoms with Crippen molar-refractivity contribution < 1.29 is 29.0 Å². The van der Waals surface area contributed by atoms with Gasteiger partial charge in [-0.2, -0.15) is 0 Å². The normalized spacial score (nSPS) is 37.4. The van der Waals surface area contributed by atoms with Crippen molar-refractivity contribution in [3.8, 4) is 0 Å².